The van der Waals surface area contributed by atoms with Crippen LogP contribution >= 0.6 is 0 Å². The molecule has 2 N–H and O–H groups in total. The second-order valence-corrected chi connectivity index (χ2v) is 4.82. The lowest BCUT2D eigenvalue weighted by Crippen LogP contribution is -2.07. The molecule has 3 aromatic rings. The monoisotopic (exact) mass is 253 g/mol. The standard InChI is InChI=1S/C15H12FN3/c16-10-5-3-7-12-14(10)19-15(18-12)13-8-9-4-1-2-6-11(9)17-13/h1-7,13,17H,8H2,(H,18,19). The van der Waals surface area contributed by atoms with Crippen molar-refractivity contribution in [2.24, 2.45) is 0 Å². The number of nitrogens with zero attached hydrogens (tertiary/aromatic N) is 1. The fourth-order valence-electron chi connectivity index (χ4n) is 2.64. The number of benzene rings is 2. The van der Waals surface area contributed by atoms with Crippen molar-refractivity contribution in [1.82, 2.24) is 9.97 Å². The Morgan fingerprint density at radius 2 is 2.00 bits per heavy atom. The average Bonchev–Trinajstić information content (AvgIpc) is 3.02. The molecule has 1 unspecified atom stereocenters. The van der Waals surface area contributed by atoms with Gasteiger partial charge in [0.15, 0.2) is 5.82 Å². The van der Waals surface area contributed by atoms with Gasteiger partial charge < -0.3 is 10.3 Å². The van der Waals surface area contributed by atoms with Gasteiger partial charge in [0, 0.05) is 12.1 Å². The molecular formula is C15H12FN3. The maximum Gasteiger partial charge on any atom is 0.151 e. The van der Waals surface area contributed by atoms with E-state index in [1.165, 1.54) is 11.6 Å². The van der Waals surface area contributed by atoms with E-state index in [0.29, 0.717) is 5.52 Å². The van der Waals surface area contributed by atoms with Crippen LogP contribution in [-0.4, -0.2) is 9.97 Å². The van der Waals surface area contributed by atoms with Crippen molar-refractivity contribution in [3.05, 3.63) is 59.7 Å². The third-order valence-corrected chi connectivity index (χ3v) is 3.58. The molecule has 1 aromatic heterocycles. The van der Waals surface area contributed by atoms with E-state index in [1.54, 1.807) is 6.07 Å². The summed E-state index contributed by atoms with van der Waals surface area (Å²) in [7, 11) is 0. The van der Waals surface area contributed by atoms with Gasteiger partial charge in [-0.1, -0.05) is 24.3 Å². The summed E-state index contributed by atoms with van der Waals surface area (Å²) < 4.78 is 13.6. The van der Waals surface area contributed by atoms with E-state index in [9.17, 15) is 4.39 Å². The molecule has 0 bridgehead atoms. The number of hydrogen-bond donors (Lipinski definition) is 2. The zero-order valence-electron chi connectivity index (χ0n) is 10.2. The molecular weight excluding hydrogens is 241 g/mol. The Bertz CT molecular complexity index is 738. The summed E-state index contributed by atoms with van der Waals surface area (Å²) in [5.41, 5.74) is 3.56. The van der Waals surface area contributed by atoms with Crippen LogP contribution in [0.4, 0.5) is 10.1 Å². The molecule has 3 nitrogen and oxygen atoms in total. The van der Waals surface area contributed by atoms with Crippen molar-refractivity contribution in [1.29, 1.82) is 0 Å². The Labute approximate surface area is 109 Å². The largest absolute Gasteiger partial charge is 0.375 e. The van der Waals surface area contributed by atoms with Gasteiger partial charge in [0.05, 0.1) is 11.6 Å². The van der Waals surface area contributed by atoms with Crippen LogP contribution in [0.15, 0.2) is 42.5 Å². The molecule has 0 aliphatic carbocycles. The van der Waals surface area contributed by atoms with Crippen molar-refractivity contribution >= 4 is 16.7 Å². The maximum absolute atomic E-state index is 13.6. The van der Waals surface area contributed by atoms with Gasteiger partial charge in [0.25, 0.3) is 0 Å². The number of para-hydroxylation sites is 2. The van der Waals surface area contributed by atoms with Crippen LogP contribution in [0.3, 0.4) is 0 Å². The molecule has 1 atom stereocenters. The van der Waals surface area contributed by atoms with Gasteiger partial charge in [-0.25, -0.2) is 9.37 Å². The van der Waals surface area contributed by atoms with E-state index in [-0.39, 0.29) is 11.9 Å². The predicted octanol–water partition coefficient (Wildman–Crippen LogP) is 3.41. The van der Waals surface area contributed by atoms with E-state index < -0.39 is 0 Å². The van der Waals surface area contributed by atoms with Crippen LogP contribution < -0.4 is 5.32 Å². The number of nitrogens with one attached hydrogen (secondary N) is 2. The number of rotatable bonds is 1. The van der Waals surface area contributed by atoms with Crippen LogP contribution in [-0.2, 0) is 6.42 Å². The summed E-state index contributed by atoms with van der Waals surface area (Å²) in [6, 6.07) is 13.2. The number of halogens is 1. The fraction of sp³-hybridized carbons (Fsp3) is 0.133. The van der Waals surface area contributed by atoms with Gasteiger partial charge >= 0.3 is 0 Å². The lowest BCUT2D eigenvalue weighted by Gasteiger charge is -2.06. The maximum atomic E-state index is 13.6. The summed E-state index contributed by atoms with van der Waals surface area (Å²) in [5.74, 6) is 0.506. The van der Waals surface area contributed by atoms with Crippen molar-refractivity contribution in [3.8, 4) is 0 Å². The average molecular weight is 253 g/mol. The Morgan fingerprint density at radius 1 is 1.11 bits per heavy atom. The Hall–Kier alpha value is -2.36. The third-order valence-electron chi connectivity index (χ3n) is 3.58. The van der Waals surface area contributed by atoms with E-state index in [0.717, 1.165) is 23.4 Å². The van der Waals surface area contributed by atoms with Crippen LogP contribution in [0.5, 0.6) is 0 Å². The molecule has 0 saturated heterocycles. The first-order valence-corrected chi connectivity index (χ1v) is 6.30. The molecule has 2 aromatic carbocycles. The first-order valence-electron chi connectivity index (χ1n) is 6.30. The summed E-state index contributed by atoms with van der Waals surface area (Å²) in [4.78, 5) is 7.58. The normalized spacial score (nSPS) is 17.4. The SMILES string of the molecule is Fc1cccc2[nH]c(C3Cc4ccccc4N3)nc12. The molecule has 19 heavy (non-hydrogen) atoms. The Morgan fingerprint density at radius 3 is 2.84 bits per heavy atom. The zero-order chi connectivity index (χ0) is 12.8. The van der Waals surface area contributed by atoms with Crippen molar-refractivity contribution in [2.75, 3.05) is 5.32 Å². The van der Waals surface area contributed by atoms with Crippen molar-refractivity contribution in [3.63, 3.8) is 0 Å². The molecule has 0 spiro atoms. The molecule has 0 radical (unpaired) electrons. The first-order chi connectivity index (χ1) is 9.31. The molecule has 0 amide bonds. The molecule has 4 heteroatoms. The minimum absolute atomic E-state index is 0.0872. The number of H-pyrrole nitrogens is 1. The lowest BCUT2D eigenvalue weighted by atomic mass is 10.1. The van der Waals surface area contributed by atoms with Gasteiger partial charge in [0.2, 0.25) is 0 Å². The molecule has 4 rings (SSSR count). The Balaban J connectivity index is 1.75. The van der Waals surface area contributed by atoms with Gasteiger partial charge in [-0.3, -0.25) is 0 Å². The molecule has 0 saturated carbocycles. The molecule has 94 valence electrons. The van der Waals surface area contributed by atoms with E-state index in [4.69, 9.17) is 0 Å². The topological polar surface area (TPSA) is 40.7 Å². The molecule has 1 aliphatic rings. The van der Waals surface area contributed by atoms with Crippen molar-refractivity contribution in [2.45, 2.75) is 12.5 Å². The van der Waals surface area contributed by atoms with Gasteiger partial charge in [-0.05, 0) is 23.8 Å². The fourth-order valence-corrected chi connectivity index (χ4v) is 2.64. The lowest BCUT2D eigenvalue weighted by molar-refractivity contribution is 0.636. The summed E-state index contributed by atoms with van der Waals surface area (Å²) in [6.45, 7) is 0. The minimum atomic E-state index is -0.282. The summed E-state index contributed by atoms with van der Waals surface area (Å²) in [5, 5.41) is 3.41. The van der Waals surface area contributed by atoms with Crippen LogP contribution in [0.1, 0.15) is 17.4 Å². The quantitative estimate of drug-likeness (QED) is 0.697. The number of aromatic nitrogens is 2. The predicted molar refractivity (Wildman–Crippen MR) is 72.6 cm³/mol. The van der Waals surface area contributed by atoms with Crippen LogP contribution in [0.25, 0.3) is 11.0 Å². The third kappa shape index (κ3) is 1.60. The van der Waals surface area contributed by atoms with Crippen molar-refractivity contribution < 1.29 is 4.39 Å². The Kier molecular flexibility index (Phi) is 2.12. The van der Waals surface area contributed by atoms with Gasteiger partial charge in [-0.2, -0.15) is 0 Å². The van der Waals surface area contributed by atoms with Gasteiger partial charge in [0.1, 0.15) is 11.3 Å². The number of anilines is 1. The summed E-state index contributed by atoms with van der Waals surface area (Å²) in [6.07, 6.45) is 0.873. The van der Waals surface area contributed by atoms with Crippen LogP contribution in [0, 0.1) is 5.82 Å². The highest BCUT2D eigenvalue weighted by Crippen LogP contribution is 2.33. The minimum Gasteiger partial charge on any atom is -0.375 e. The molecule has 1 aliphatic heterocycles. The highest BCUT2D eigenvalue weighted by Gasteiger charge is 2.24. The highest BCUT2D eigenvalue weighted by molar-refractivity contribution is 5.76. The van der Waals surface area contributed by atoms with Gasteiger partial charge in [-0.15, -0.1) is 0 Å². The van der Waals surface area contributed by atoms with E-state index in [1.807, 2.05) is 18.2 Å². The number of hydrogen-bond acceptors (Lipinski definition) is 2. The molecule has 0 fully saturated rings. The highest BCUT2D eigenvalue weighted by atomic mass is 19.1. The smallest absolute Gasteiger partial charge is 0.151 e. The number of fused-ring (bicyclic) bond motifs is 2. The second kappa shape index (κ2) is 3.82. The summed E-state index contributed by atoms with van der Waals surface area (Å²) >= 11 is 0. The molecule has 2 heterocycles. The second-order valence-electron chi connectivity index (χ2n) is 4.82. The van der Waals surface area contributed by atoms with Crippen LogP contribution in [0.2, 0.25) is 0 Å². The van der Waals surface area contributed by atoms with E-state index in [2.05, 4.69) is 27.4 Å². The van der Waals surface area contributed by atoms with E-state index >= 15 is 0 Å². The number of aromatic amines is 1. The zero-order valence-corrected chi connectivity index (χ0v) is 10.2. The first kappa shape index (κ1) is 10.6. The number of imidazole rings is 1.